The fourth-order valence-electron chi connectivity index (χ4n) is 3.46. The molecule has 3 unspecified atom stereocenters. The quantitative estimate of drug-likeness (QED) is 0.507. The zero-order valence-electron chi connectivity index (χ0n) is 15.3. The maximum atomic E-state index is 15.1. The SMILES string of the molecule is COC(=O)CC(OC1C2[C@@H]1O[C@@H](n1cnc3c(N)nc(Cl)nc31)[C@H]2F)C(=O)OC. The first-order chi connectivity index (χ1) is 13.8. The number of carbonyl (C=O) groups is 2. The Hall–Kier alpha value is -2.57. The lowest BCUT2D eigenvalue weighted by atomic mass is 10.2. The van der Waals surface area contributed by atoms with E-state index in [2.05, 4.69) is 24.4 Å². The fraction of sp³-hybridized carbons (Fsp3) is 0.562. The fourth-order valence-corrected chi connectivity index (χ4v) is 3.63. The number of alkyl halides is 1. The molecule has 0 amide bonds. The van der Waals surface area contributed by atoms with Crippen molar-refractivity contribution in [2.24, 2.45) is 5.92 Å². The van der Waals surface area contributed by atoms with Crippen LogP contribution in [0, 0.1) is 5.92 Å². The number of fused-ring (bicyclic) bond motifs is 2. The van der Waals surface area contributed by atoms with Gasteiger partial charge in [-0.25, -0.2) is 14.2 Å². The van der Waals surface area contributed by atoms with Crippen molar-refractivity contribution in [3.63, 3.8) is 0 Å². The number of rotatable bonds is 6. The van der Waals surface area contributed by atoms with Crippen molar-refractivity contribution in [2.75, 3.05) is 20.0 Å². The molecule has 0 radical (unpaired) electrons. The molecule has 13 heteroatoms. The summed E-state index contributed by atoms with van der Waals surface area (Å²) in [5, 5.41) is -0.0970. The second-order valence-electron chi connectivity index (χ2n) is 6.61. The number of imidazole rings is 1. The molecule has 2 aromatic rings. The van der Waals surface area contributed by atoms with Gasteiger partial charge < -0.3 is 24.7 Å². The smallest absolute Gasteiger partial charge is 0.335 e. The minimum atomic E-state index is -1.48. The van der Waals surface area contributed by atoms with Gasteiger partial charge >= 0.3 is 11.9 Å². The van der Waals surface area contributed by atoms with E-state index in [0.717, 1.165) is 7.11 Å². The third-order valence-corrected chi connectivity index (χ3v) is 5.11. The first-order valence-electron chi connectivity index (χ1n) is 8.61. The molecule has 0 spiro atoms. The molecule has 1 saturated carbocycles. The van der Waals surface area contributed by atoms with Crippen LogP contribution in [0.2, 0.25) is 5.28 Å². The average molecular weight is 430 g/mol. The number of nitrogens with two attached hydrogens (primary N) is 1. The largest absolute Gasteiger partial charge is 0.469 e. The van der Waals surface area contributed by atoms with Crippen LogP contribution < -0.4 is 5.73 Å². The van der Waals surface area contributed by atoms with Crippen molar-refractivity contribution in [3.05, 3.63) is 11.6 Å². The highest BCUT2D eigenvalue weighted by molar-refractivity contribution is 6.28. The summed E-state index contributed by atoms with van der Waals surface area (Å²) in [7, 11) is 2.35. The molecule has 2 aromatic heterocycles. The number of hydrogen-bond acceptors (Lipinski definition) is 10. The van der Waals surface area contributed by atoms with Crippen LogP contribution in [-0.4, -0.2) is 70.2 Å². The summed E-state index contributed by atoms with van der Waals surface area (Å²) in [6.45, 7) is 0. The Bertz CT molecular complexity index is 973. The van der Waals surface area contributed by atoms with Crippen molar-refractivity contribution in [1.29, 1.82) is 0 Å². The van der Waals surface area contributed by atoms with Crippen LogP contribution in [0.15, 0.2) is 6.33 Å². The zero-order valence-corrected chi connectivity index (χ0v) is 16.1. The maximum Gasteiger partial charge on any atom is 0.335 e. The Morgan fingerprint density at radius 3 is 2.76 bits per heavy atom. The van der Waals surface area contributed by atoms with Crippen LogP contribution in [-0.2, 0) is 28.5 Å². The third kappa shape index (κ3) is 3.36. The Balaban J connectivity index is 1.48. The summed E-state index contributed by atoms with van der Waals surface area (Å²) in [5.74, 6) is -1.96. The molecule has 0 bridgehead atoms. The Labute approximate surface area is 168 Å². The van der Waals surface area contributed by atoms with E-state index in [9.17, 15) is 9.59 Å². The highest BCUT2D eigenvalue weighted by atomic mass is 35.5. The van der Waals surface area contributed by atoms with Crippen LogP contribution >= 0.6 is 11.6 Å². The maximum absolute atomic E-state index is 15.1. The summed E-state index contributed by atoms with van der Waals surface area (Å²) in [6, 6.07) is 0. The minimum Gasteiger partial charge on any atom is -0.469 e. The Morgan fingerprint density at radius 2 is 2.14 bits per heavy atom. The van der Waals surface area contributed by atoms with Crippen molar-refractivity contribution in [3.8, 4) is 0 Å². The number of methoxy groups -OCH3 is 2. The molecule has 1 saturated heterocycles. The van der Waals surface area contributed by atoms with Gasteiger partial charge in [-0.05, 0) is 11.6 Å². The molecule has 2 aliphatic rings. The molecular weight excluding hydrogens is 413 g/mol. The third-order valence-electron chi connectivity index (χ3n) is 4.94. The number of halogens is 2. The number of ether oxygens (including phenoxy) is 4. The van der Waals surface area contributed by atoms with E-state index in [4.69, 9.17) is 26.8 Å². The summed E-state index contributed by atoms with van der Waals surface area (Å²) in [6.07, 6.45) is -4.01. The lowest BCUT2D eigenvalue weighted by molar-refractivity contribution is -0.165. The van der Waals surface area contributed by atoms with Crippen molar-refractivity contribution in [1.82, 2.24) is 19.5 Å². The molecule has 11 nitrogen and oxygen atoms in total. The summed E-state index contributed by atoms with van der Waals surface area (Å²) < 4.78 is 37.0. The van der Waals surface area contributed by atoms with Gasteiger partial charge in [0.15, 0.2) is 30.0 Å². The van der Waals surface area contributed by atoms with Gasteiger partial charge in [0.25, 0.3) is 0 Å². The number of hydrogen-bond donors (Lipinski definition) is 1. The molecule has 0 aromatic carbocycles. The summed E-state index contributed by atoms with van der Waals surface area (Å²) in [4.78, 5) is 35.3. The number of anilines is 1. The molecule has 1 aliphatic heterocycles. The molecule has 2 N–H and O–H groups in total. The molecule has 2 fully saturated rings. The van der Waals surface area contributed by atoms with Crippen LogP contribution in [0.3, 0.4) is 0 Å². The van der Waals surface area contributed by atoms with Gasteiger partial charge in [0.2, 0.25) is 5.28 Å². The predicted molar refractivity (Wildman–Crippen MR) is 94.4 cm³/mol. The molecule has 3 heterocycles. The number of nitrogens with zero attached hydrogens (tertiary/aromatic N) is 4. The first kappa shape index (κ1) is 19.7. The van der Waals surface area contributed by atoms with Gasteiger partial charge in [-0.2, -0.15) is 9.97 Å². The molecule has 6 atom stereocenters. The van der Waals surface area contributed by atoms with Gasteiger partial charge in [0.1, 0.15) is 5.52 Å². The number of carbonyl (C=O) groups excluding carboxylic acids is 2. The number of aromatic nitrogens is 4. The van der Waals surface area contributed by atoms with Gasteiger partial charge in [-0.3, -0.25) is 9.36 Å². The van der Waals surface area contributed by atoms with Crippen LogP contribution in [0.5, 0.6) is 0 Å². The molecule has 156 valence electrons. The van der Waals surface area contributed by atoms with E-state index in [-0.39, 0.29) is 28.7 Å². The molecule has 1 aliphatic carbocycles. The van der Waals surface area contributed by atoms with Gasteiger partial charge in [-0.1, -0.05) is 0 Å². The normalized spacial score (nSPS) is 28.8. The van der Waals surface area contributed by atoms with E-state index in [1.807, 2.05) is 0 Å². The predicted octanol–water partition coefficient (Wildman–Crippen LogP) is 0.417. The van der Waals surface area contributed by atoms with Crippen molar-refractivity contribution in [2.45, 2.75) is 37.1 Å². The minimum absolute atomic E-state index is 0.0715. The number of nitrogen functional groups attached to an aromatic ring is 1. The van der Waals surface area contributed by atoms with Crippen molar-refractivity contribution >= 4 is 40.5 Å². The zero-order chi connectivity index (χ0) is 20.9. The van der Waals surface area contributed by atoms with Crippen molar-refractivity contribution < 1.29 is 32.9 Å². The highest BCUT2D eigenvalue weighted by Gasteiger charge is 2.67. The monoisotopic (exact) mass is 429 g/mol. The molecular formula is C16H17ClFN5O6. The van der Waals surface area contributed by atoms with Gasteiger partial charge in [-0.15, -0.1) is 0 Å². The summed E-state index contributed by atoms with van der Waals surface area (Å²) in [5.41, 5.74) is 6.28. The molecule has 4 rings (SSSR count). The standard InChI is InChI=1S/C16H17ClFN5O6/c1-26-6(24)3-5(15(25)27-2)28-10-7-8(18)14(29-11(7)10)23-4-20-9-12(19)21-16(17)22-13(9)23/h4-5,7-8,10-11,14H,3H2,1-2H3,(H2,19,21,22)/t5?,7?,8-,10?,11-,14+/m0/s1. The van der Waals surface area contributed by atoms with E-state index >= 15 is 4.39 Å². The van der Waals surface area contributed by atoms with Crippen LogP contribution in [0.1, 0.15) is 12.6 Å². The number of esters is 2. The van der Waals surface area contributed by atoms with E-state index in [1.54, 1.807) is 0 Å². The van der Waals surface area contributed by atoms with E-state index < -0.39 is 48.6 Å². The van der Waals surface area contributed by atoms with Crippen LogP contribution in [0.4, 0.5) is 10.2 Å². The first-order valence-corrected chi connectivity index (χ1v) is 8.98. The summed E-state index contributed by atoms with van der Waals surface area (Å²) >= 11 is 5.83. The van der Waals surface area contributed by atoms with Crippen LogP contribution in [0.25, 0.3) is 11.2 Å². The average Bonchev–Trinajstić information content (AvgIpc) is 3.00. The van der Waals surface area contributed by atoms with Gasteiger partial charge in [0, 0.05) is 0 Å². The Morgan fingerprint density at radius 1 is 1.38 bits per heavy atom. The Kier molecular flexibility index (Phi) is 5.00. The second kappa shape index (κ2) is 7.35. The van der Waals surface area contributed by atoms with Gasteiger partial charge in [0.05, 0.1) is 45.1 Å². The lowest BCUT2D eigenvalue weighted by Gasteiger charge is -2.21. The topological polar surface area (TPSA) is 141 Å². The van der Waals surface area contributed by atoms with E-state index in [0.29, 0.717) is 0 Å². The second-order valence-corrected chi connectivity index (χ2v) is 6.95. The van der Waals surface area contributed by atoms with E-state index in [1.165, 1.54) is 18.0 Å². The molecule has 29 heavy (non-hydrogen) atoms. The highest BCUT2D eigenvalue weighted by Crippen LogP contribution is 2.54. The lowest BCUT2D eigenvalue weighted by Crippen LogP contribution is -2.33.